The number of anilines is 1. The smallest absolute Gasteiger partial charge is 0.269 e. The number of hydrogen-bond acceptors (Lipinski definition) is 7. The number of nitrogens with zero attached hydrogens (tertiary/aromatic N) is 4. The van der Waals surface area contributed by atoms with E-state index < -0.39 is 4.92 Å². The second-order valence-electron chi connectivity index (χ2n) is 7.50. The molecule has 1 aliphatic rings. The number of para-hydroxylation sites is 1. The quantitative estimate of drug-likeness (QED) is 0.449. The number of piperazine rings is 1. The van der Waals surface area contributed by atoms with Gasteiger partial charge in [-0.2, -0.15) is 0 Å². The van der Waals surface area contributed by atoms with Crippen LogP contribution in [0.4, 0.5) is 10.8 Å². The number of carbonyl (C=O) groups excluding carboxylic acids is 1. The average Bonchev–Trinajstić information content (AvgIpc) is 3.24. The molecule has 2 heterocycles. The van der Waals surface area contributed by atoms with Gasteiger partial charge in [-0.15, -0.1) is 0 Å². The summed E-state index contributed by atoms with van der Waals surface area (Å²) in [5, 5.41) is 14.7. The first kappa shape index (κ1) is 21.2. The third kappa shape index (κ3) is 4.83. The van der Waals surface area contributed by atoms with Gasteiger partial charge in [-0.1, -0.05) is 30.4 Å². The van der Waals surface area contributed by atoms with Crippen LogP contribution in [0.3, 0.4) is 0 Å². The Labute approximate surface area is 184 Å². The number of fused-ring (bicyclic) bond motifs is 1. The monoisotopic (exact) mass is 439 g/mol. The van der Waals surface area contributed by atoms with Crippen molar-refractivity contribution >= 4 is 38.3 Å². The van der Waals surface area contributed by atoms with E-state index >= 15 is 0 Å². The van der Waals surface area contributed by atoms with Crippen LogP contribution in [0.2, 0.25) is 0 Å². The molecule has 3 aromatic rings. The molecule has 0 atom stereocenters. The zero-order valence-corrected chi connectivity index (χ0v) is 18.2. The van der Waals surface area contributed by atoms with E-state index in [-0.39, 0.29) is 11.6 Å². The molecular formula is C22H25N5O3S. The number of nitrogens with one attached hydrogen (secondary N) is 1. The molecule has 1 saturated heterocycles. The van der Waals surface area contributed by atoms with Crippen molar-refractivity contribution in [2.45, 2.75) is 13.3 Å². The van der Waals surface area contributed by atoms with Crippen molar-refractivity contribution in [3.05, 3.63) is 63.7 Å². The Morgan fingerprint density at radius 2 is 1.90 bits per heavy atom. The molecule has 31 heavy (non-hydrogen) atoms. The van der Waals surface area contributed by atoms with E-state index in [1.54, 1.807) is 11.3 Å². The summed E-state index contributed by atoms with van der Waals surface area (Å²) in [6.07, 6.45) is 0.986. The molecule has 2 aromatic carbocycles. The van der Waals surface area contributed by atoms with Crippen LogP contribution in [-0.2, 0) is 6.42 Å². The van der Waals surface area contributed by atoms with Crippen LogP contribution in [0, 0.1) is 10.1 Å². The van der Waals surface area contributed by atoms with Gasteiger partial charge in [0.1, 0.15) is 0 Å². The van der Waals surface area contributed by atoms with Gasteiger partial charge >= 0.3 is 0 Å². The summed E-state index contributed by atoms with van der Waals surface area (Å²) in [5.41, 5.74) is 2.83. The van der Waals surface area contributed by atoms with Gasteiger partial charge in [-0.3, -0.25) is 19.8 Å². The number of thiazole rings is 1. The van der Waals surface area contributed by atoms with Crippen molar-refractivity contribution in [1.82, 2.24) is 15.2 Å². The molecule has 162 valence electrons. The first-order valence-electron chi connectivity index (χ1n) is 10.4. The summed E-state index contributed by atoms with van der Waals surface area (Å²) < 4.78 is 1.24. The summed E-state index contributed by atoms with van der Waals surface area (Å²) in [7, 11) is 0. The number of benzene rings is 2. The second-order valence-corrected chi connectivity index (χ2v) is 8.51. The predicted molar refractivity (Wildman–Crippen MR) is 123 cm³/mol. The van der Waals surface area contributed by atoms with Gasteiger partial charge < -0.3 is 10.2 Å². The maximum Gasteiger partial charge on any atom is 0.269 e. The lowest BCUT2D eigenvalue weighted by molar-refractivity contribution is -0.384. The molecule has 1 N–H and O–H groups in total. The summed E-state index contributed by atoms with van der Waals surface area (Å²) >= 11 is 1.75. The third-order valence-electron chi connectivity index (χ3n) is 5.57. The minimum Gasteiger partial charge on any atom is -0.351 e. The van der Waals surface area contributed by atoms with Crippen LogP contribution >= 0.6 is 11.3 Å². The van der Waals surface area contributed by atoms with Gasteiger partial charge in [0.15, 0.2) is 5.13 Å². The highest BCUT2D eigenvalue weighted by molar-refractivity contribution is 7.22. The van der Waals surface area contributed by atoms with Gasteiger partial charge in [-0.05, 0) is 30.2 Å². The first-order chi connectivity index (χ1) is 15.0. The van der Waals surface area contributed by atoms with Crippen LogP contribution in [0.1, 0.15) is 22.8 Å². The van der Waals surface area contributed by atoms with E-state index in [0.29, 0.717) is 12.1 Å². The molecule has 0 radical (unpaired) electrons. The largest absolute Gasteiger partial charge is 0.351 e. The topological polar surface area (TPSA) is 91.6 Å². The third-order valence-corrected chi connectivity index (χ3v) is 6.65. The zero-order valence-electron chi connectivity index (χ0n) is 17.4. The van der Waals surface area contributed by atoms with Gasteiger partial charge in [0.25, 0.3) is 11.6 Å². The molecule has 0 unspecified atom stereocenters. The van der Waals surface area contributed by atoms with E-state index in [4.69, 9.17) is 4.98 Å². The van der Waals surface area contributed by atoms with Crippen molar-refractivity contribution in [2.24, 2.45) is 0 Å². The molecular weight excluding hydrogens is 414 g/mol. The molecule has 0 bridgehead atoms. The highest BCUT2D eigenvalue weighted by Crippen LogP contribution is 2.31. The number of aryl methyl sites for hydroxylation is 1. The Balaban J connectivity index is 1.25. The zero-order chi connectivity index (χ0) is 21.8. The molecule has 1 aliphatic heterocycles. The van der Waals surface area contributed by atoms with Gasteiger partial charge in [-0.25, -0.2) is 4.98 Å². The second kappa shape index (κ2) is 9.40. The molecule has 0 aliphatic carbocycles. The fourth-order valence-electron chi connectivity index (χ4n) is 3.74. The Morgan fingerprint density at radius 3 is 2.58 bits per heavy atom. The number of hydrogen-bond donors (Lipinski definition) is 1. The molecule has 8 nitrogen and oxygen atoms in total. The maximum atomic E-state index is 12.2. The first-order valence-corrected chi connectivity index (χ1v) is 11.2. The Kier molecular flexibility index (Phi) is 6.43. The number of nitro groups is 1. The number of carbonyl (C=O) groups is 1. The standard InChI is InChI=1S/C22H25N5O3S/c1-2-16-4-3-5-19-20(16)24-22(31-19)26-14-12-25(13-15-26)11-10-23-21(28)17-6-8-18(9-7-17)27(29)30/h3-9H,2,10-15H2,1H3,(H,23,28). The Bertz CT molecular complexity index is 1070. The van der Waals surface area contributed by atoms with E-state index in [1.165, 1.54) is 34.5 Å². The van der Waals surface area contributed by atoms with Crippen LogP contribution in [0.25, 0.3) is 10.2 Å². The number of amides is 1. The van der Waals surface area contributed by atoms with Crippen LogP contribution in [0.5, 0.6) is 0 Å². The predicted octanol–water partition coefficient (Wildman–Crippen LogP) is 3.32. The number of aromatic nitrogens is 1. The van der Waals surface area contributed by atoms with Crippen LogP contribution in [0.15, 0.2) is 42.5 Å². The van der Waals surface area contributed by atoms with Crippen molar-refractivity contribution in [1.29, 1.82) is 0 Å². The van der Waals surface area contributed by atoms with Crippen molar-refractivity contribution in [2.75, 3.05) is 44.2 Å². The van der Waals surface area contributed by atoms with E-state index in [9.17, 15) is 14.9 Å². The van der Waals surface area contributed by atoms with Crippen molar-refractivity contribution in [3.8, 4) is 0 Å². The molecule has 0 spiro atoms. The maximum absolute atomic E-state index is 12.2. The fourth-order valence-corrected chi connectivity index (χ4v) is 4.81. The lowest BCUT2D eigenvalue weighted by atomic mass is 10.1. The minimum absolute atomic E-state index is 0.0199. The van der Waals surface area contributed by atoms with Crippen molar-refractivity contribution < 1.29 is 9.72 Å². The van der Waals surface area contributed by atoms with E-state index in [1.807, 2.05) is 0 Å². The number of rotatable bonds is 7. The minimum atomic E-state index is -0.474. The summed E-state index contributed by atoms with van der Waals surface area (Å²) in [5.74, 6) is -0.213. The van der Waals surface area contributed by atoms with Crippen LogP contribution < -0.4 is 10.2 Å². The van der Waals surface area contributed by atoms with Gasteiger partial charge in [0.2, 0.25) is 0 Å². The summed E-state index contributed by atoms with van der Waals surface area (Å²) in [4.78, 5) is 32.0. The molecule has 4 rings (SSSR count). The normalized spacial score (nSPS) is 14.7. The lowest BCUT2D eigenvalue weighted by Gasteiger charge is -2.34. The molecule has 1 aromatic heterocycles. The highest BCUT2D eigenvalue weighted by Gasteiger charge is 2.20. The molecule has 0 saturated carbocycles. The lowest BCUT2D eigenvalue weighted by Crippen LogP contribution is -2.48. The van der Waals surface area contributed by atoms with Crippen LogP contribution in [-0.4, -0.2) is 60.0 Å². The molecule has 1 amide bonds. The van der Waals surface area contributed by atoms with Gasteiger partial charge in [0.05, 0.1) is 15.1 Å². The summed E-state index contributed by atoms with van der Waals surface area (Å²) in [6, 6.07) is 12.0. The molecule has 1 fully saturated rings. The Morgan fingerprint density at radius 1 is 1.16 bits per heavy atom. The van der Waals surface area contributed by atoms with E-state index in [0.717, 1.165) is 49.8 Å². The number of nitro benzene ring substituents is 1. The fraction of sp³-hybridized carbons (Fsp3) is 0.364. The Hall–Kier alpha value is -3.04. The average molecular weight is 440 g/mol. The number of non-ortho nitro benzene ring substituents is 1. The highest BCUT2D eigenvalue weighted by atomic mass is 32.1. The van der Waals surface area contributed by atoms with E-state index in [2.05, 4.69) is 40.2 Å². The van der Waals surface area contributed by atoms with Crippen molar-refractivity contribution in [3.63, 3.8) is 0 Å². The SMILES string of the molecule is CCc1cccc2sc(N3CCN(CCNC(=O)c4ccc([N+](=O)[O-])cc4)CC3)nc12. The summed E-state index contributed by atoms with van der Waals surface area (Å²) in [6.45, 7) is 7.14. The molecule has 9 heteroatoms. The van der Waals surface area contributed by atoms with Gasteiger partial charge in [0, 0.05) is 57.0 Å².